The van der Waals surface area contributed by atoms with Gasteiger partial charge in [0.25, 0.3) is 0 Å². The average molecular weight is 485 g/mol. The van der Waals surface area contributed by atoms with E-state index in [1.54, 1.807) is 11.6 Å². The predicted molar refractivity (Wildman–Crippen MR) is 144 cm³/mol. The van der Waals surface area contributed by atoms with Crippen LogP contribution >= 0.6 is 0 Å². The number of hydrogen-bond acceptors (Lipinski definition) is 3. The summed E-state index contributed by atoms with van der Waals surface area (Å²) >= 11 is 0. The van der Waals surface area contributed by atoms with E-state index in [9.17, 15) is 4.79 Å². The first-order valence-electron chi connectivity index (χ1n) is 14.7. The zero-order valence-corrected chi connectivity index (χ0v) is 23.5. The molecule has 0 aromatic rings. The molecule has 0 aromatic carbocycles. The Hall–Kier alpha value is -1.09. The maximum absolute atomic E-state index is 11.3. The molecule has 0 unspecified atom stereocenters. The second-order valence-electron chi connectivity index (χ2n) is 13.4. The molecule has 3 saturated carbocycles. The Morgan fingerprint density at radius 3 is 2.63 bits per heavy atom. The lowest BCUT2D eigenvalue weighted by Crippen LogP contribution is -2.51. The van der Waals surface area contributed by atoms with Crippen LogP contribution in [0, 0.1) is 46.3 Å². The lowest BCUT2D eigenvalue weighted by molar-refractivity contribution is -0.134. The van der Waals surface area contributed by atoms with Crippen molar-refractivity contribution in [2.45, 2.75) is 111 Å². The van der Waals surface area contributed by atoms with Crippen LogP contribution in [0.25, 0.3) is 0 Å². The largest absolute Gasteiger partial charge is 0.466 e. The molecule has 4 aliphatic rings. The van der Waals surface area contributed by atoms with Gasteiger partial charge < -0.3 is 9.47 Å². The van der Waals surface area contributed by atoms with Gasteiger partial charge in [0.1, 0.15) is 0 Å². The van der Waals surface area contributed by atoms with Crippen LogP contribution in [-0.2, 0) is 14.3 Å². The van der Waals surface area contributed by atoms with E-state index >= 15 is 0 Å². The smallest absolute Gasteiger partial charge is 0.330 e. The van der Waals surface area contributed by atoms with Gasteiger partial charge in [-0.1, -0.05) is 71.6 Å². The third kappa shape index (κ3) is 5.46. The first kappa shape index (κ1) is 27.0. The van der Waals surface area contributed by atoms with Crippen molar-refractivity contribution in [3.63, 3.8) is 0 Å². The summed E-state index contributed by atoms with van der Waals surface area (Å²) in [7, 11) is 1.41. The molecule has 0 bridgehead atoms. The van der Waals surface area contributed by atoms with Crippen LogP contribution in [0.4, 0.5) is 0 Å². The molecule has 8 atom stereocenters. The van der Waals surface area contributed by atoms with E-state index in [1.807, 2.05) is 0 Å². The van der Waals surface area contributed by atoms with Crippen molar-refractivity contribution in [2.24, 2.45) is 46.3 Å². The number of hydrogen-bond donors (Lipinski definition) is 0. The molecule has 198 valence electrons. The molecule has 0 saturated heterocycles. The van der Waals surface area contributed by atoms with Gasteiger partial charge in [-0.05, 0) is 97.7 Å². The molecule has 0 aromatic heterocycles. The number of fused-ring (bicyclic) bond motifs is 5. The zero-order chi connectivity index (χ0) is 25.2. The molecule has 0 spiro atoms. The molecule has 3 nitrogen and oxygen atoms in total. The monoisotopic (exact) mass is 484 g/mol. The molecule has 0 radical (unpaired) electrons. The molecule has 0 N–H and O–H groups in total. The highest BCUT2D eigenvalue weighted by molar-refractivity contribution is 5.81. The number of carbonyl (C=O) groups is 1. The maximum Gasteiger partial charge on any atom is 0.330 e. The van der Waals surface area contributed by atoms with E-state index in [1.165, 1.54) is 71.0 Å². The van der Waals surface area contributed by atoms with Gasteiger partial charge in [0.15, 0.2) is 0 Å². The Morgan fingerprint density at radius 1 is 1.09 bits per heavy atom. The fraction of sp³-hybridized carbons (Fsp3) is 0.844. The van der Waals surface area contributed by atoms with Gasteiger partial charge in [-0.25, -0.2) is 4.79 Å². The molecule has 3 fully saturated rings. The lowest BCUT2D eigenvalue weighted by Gasteiger charge is -2.58. The summed E-state index contributed by atoms with van der Waals surface area (Å²) in [6.07, 6.45) is 21.0. The third-order valence-corrected chi connectivity index (χ3v) is 11.1. The van der Waals surface area contributed by atoms with Crippen molar-refractivity contribution in [3.8, 4) is 0 Å². The van der Waals surface area contributed by atoms with E-state index < -0.39 is 0 Å². The predicted octanol–water partition coefficient (Wildman–Crippen LogP) is 8.14. The van der Waals surface area contributed by atoms with Crippen molar-refractivity contribution in [3.05, 3.63) is 23.8 Å². The SMILES string of the molecule is COC(=O)/C=C/CO[C@H]1CC[C@@]2(C)C(=CC[C@H]3[C@@H]4CC[C@H]([C@H](C)CCCC(C)C)[C@@]4(C)CC[C@@H]32)C1. The van der Waals surface area contributed by atoms with Gasteiger partial charge in [0.2, 0.25) is 0 Å². The normalized spacial score (nSPS) is 39.6. The van der Waals surface area contributed by atoms with Gasteiger partial charge in [0, 0.05) is 6.08 Å². The van der Waals surface area contributed by atoms with Crippen molar-refractivity contribution in [1.82, 2.24) is 0 Å². The average Bonchev–Trinajstić information content (AvgIpc) is 3.18. The van der Waals surface area contributed by atoms with Crippen LogP contribution in [-0.4, -0.2) is 25.8 Å². The summed E-state index contributed by atoms with van der Waals surface area (Å²) in [4.78, 5) is 11.3. The van der Waals surface area contributed by atoms with Crippen LogP contribution < -0.4 is 0 Å². The highest BCUT2D eigenvalue weighted by atomic mass is 16.5. The third-order valence-electron chi connectivity index (χ3n) is 11.1. The molecular weight excluding hydrogens is 432 g/mol. The number of allylic oxidation sites excluding steroid dienone is 1. The number of ether oxygens (including phenoxy) is 2. The second kappa shape index (κ2) is 11.1. The van der Waals surface area contributed by atoms with E-state index in [0.29, 0.717) is 17.4 Å². The van der Waals surface area contributed by atoms with Crippen molar-refractivity contribution < 1.29 is 14.3 Å². The molecule has 3 heteroatoms. The fourth-order valence-electron chi connectivity index (χ4n) is 9.20. The molecule has 4 rings (SSSR count). The summed E-state index contributed by atoms with van der Waals surface area (Å²) < 4.78 is 10.8. The summed E-state index contributed by atoms with van der Waals surface area (Å²) in [6, 6.07) is 0. The summed E-state index contributed by atoms with van der Waals surface area (Å²) in [5.74, 6) is 5.00. The van der Waals surface area contributed by atoms with E-state index in [-0.39, 0.29) is 12.1 Å². The topological polar surface area (TPSA) is 35.5 Å². The number of methoxy groups -OCH3 is 1. The molecule has 35 heavy (non-hydrogen) atoms. The van der Waals surface area contributed by atoms with Gasteiger partial charge in [-0.2, -0.15) is 0 Å². The highest BCUT2D eigenvalue weighted by Gasteiger charge is 2.59. The minimum atomic E-state index is -0.311. The maximum atomic E-state index is 11.3. The number of rotatable bonds is 9. The van der Waals surface area contributed by atoms with Crippen LogP contribution in [0.2, 0.25) is 0 Å². The number of esters is 1. The number of carbonyl (C=O) groups excluding carboxylic acids is 1. The molecular formula is C32H52O3. The van der Waals surface area contributed by atoms with Crippen molar-refractivity contribution >= 4 is 5.97 Å². The summed E-state index contributed by atoms with van der Waals surface area (Å²) in [5.41, 5.74) is 2.60. The van der Waals surface area contributed by atoms with Crippen LogP contribution in [0.15, 0.2) is 23.8 Å². The Bertz CT molecular complexity index is 797. The van der Waals surface area contributed by atoms with Crippen LogP contribution in [0.3, 0.4) is 0 Å². The van der Waals surface area contributed by atoms with E-state index in [0.717, 1.165) is 48.3 Å². The fourth-order valence-corrected chi connectivity index (χ4v) is 9.20. The van der Waals surface area contributed by atoms with Gasteiger partial charge >= 0.3 is 5.97 Å². The van der Waals surface area contributed by atoms with Crippen molar-refractivity contribution in [1.29, 1.82) is 0 Å². The Balaban J connectivity index is 1.38. The molecule has 4 aliphatic carbocycles. The Labute approximate surface area is 215 Å². The molecule has 0 heterocycles. The Morgan fingerprint density at radius 2 is 1.89 bits per heavy atom. The van der Waals surface area contributed by atoms with Gasteiger partial charge in [0.05, 0.1) is 19.8 Å². The quantitative estimate of drug-likeness (QED) is 0.188. The first-order valence-corrected chi connectivity index (χ1v) is 14.7. The van der Waals surface area contributed by atoms with Gasteiger partial charge in [-0.15, -0.1) is 0 Å². The first-order chi connectivity index (χ1) is 16.7. The zero-order valence-electron chi connectivity index (χ0n) is 23.5. The van der Waals surface area contributed by atoms with Crippen molar-refractivity contribution in [2.75, 3.05) is 13.7 Å². The lowest BCUT2D eigenvalue weighted by atomic mass is 9.47. The molecule has 0 amide bonds. The second-order valence-corrected chi connectivity index (χ2v) is 13.4. The van der Waals surface area contributed by atoms with Gasteiger partial charge in [-0.3, -0.25) is 0 Å². The minimum Gasteiger partial charge on any atom is -0.466 e. The van der Waals surface area contributed by atoms with Crippen LogP contribution in [0.5, 0.6) is 0 Å². The highest BCUT2D eigenvalue weighted by Crippen LogP contribution is 2.67. The Kier molecular flexibility index (Phi) is 8.56. The minimum absolute atomic E-state index is 0.282. The summed E-state index contributed by atoms with van der Waals surface area (Å²) in [5, 5.41) is 0. The molecule has 0 aliphatic heterocycles. The van der Waals surface area contributed by atoms with E-state index in [4.69, 9.17) is 4.74 Å². The summed E-state index contributed by atoms with van der Waals surface area (Å²) in [6.45, 7) is 13.1. The standard InChI is InChI=1S/C32H52O3/c1-22(2)9-7-10-23(3)27-14-15-28-26-13-12-24-21-25(35-20-8-11-30(33)34-6)16-18-31(24,4)29(26)17-19-32(27,28)5/h8,11-12,22-23,25-29H,7,9-10,13-21H2,1-6H3/b11-8+/t23-,25+,26+,27-,28+,29+,31+,32-/m1/s1. The van der Waals surface area contributed by atoms with Crippen LogP contribution in [0.1, 0.15) is 105 Å². The van der Waals surface area contributed by atoms with E-state index in [2.05, 4.69) is 45.4 Å².